The van der Waals surface area contributed by atoms with Gasteiger partial charge in [-0.05, 0) is 49.2 Å². The molecule has 0 bridgehead atoms. The molecular weight excluding hydrogens is 476 g/mol. The number of aromatic hydroxyl groups is 1. The molecule has 2 atom stereocenters. The van der Waals surface area contributed by atoms with E-state index in [1.165, 1.54) is 18.4 Å². The third-order valence-electron chi connectivity index (χ3n) is 5.69. The van der Waals surface area contributed by atoms with Crippen molar-refractivity contribution in [1.82, 2.24) is 4.72 Å². The number of esters is 1. The first-order valence-corrected chi connectivity index (χ1v) is 13.1. The smallest absolute Gasteiger partial charge is 0.313 e. The quantitative estimate of drug-likeness (QED) is 0.302. The number of nitrogens with one attached hydrogen (secondary N) is 1. The summed E-state index contributed by atoms with van der Waals surface area (Å²) in [6.07, 6.45) is -0.607. The predicted molar refractivity (Wildman–Crippen MR) is 134 cm³/mol. The SMILES string of the molecule is COC(=O)CC(=O)CC(N[S+]([O-])C(C)(C)C)(c1ccsc1)c1ccc(N2CCOCC2)cc1O. The number of thiophene rings is 1. The Hall–Kier alpha value is -2.11. The van der Waals surface area contributed by atoms with Crippen LogP contribution in [0.3, 0.4) is 0 Å². The number of hydrogen-bond donors (Lipinski definition) is 2. The molecule has 1 aromatic carbocycles. The molecule has 0 radical (unpaired) electrons. The zero-order valence-electron chi connectivity index (χ0n) is 20.0. The Morgan fingerprint density at radius 1 is 1.26 bits per heavy atom. The van der Waals surface area contributed by atoms with Crippen LogP contribution in [0.2, 0.25) is 0 Å². The zero-order chi connectivity index (χ0) is 24.9. The van der Waals surface area contributed by atoms with Crippen LogP contribution in [0, 0.1) is 0 Å². The van der Waals surface area contributed by atoms with Crippen LogP contribution in [0.1, 0.15) is 44.7 Å². The predicted octanol–water partition coefficient (Wildman–Crippen LogP) is 3.11. The lowest BCUT2D eigenvalue weighted by molar-refractivity contribution is -0.143. The van der Waals surface area contributed by atoms with E-state index in [4.69, 9.17) is 4.74 Å². The lowest BCUT2D eigenvalue weighted by Crippen LogP contribution is -2.53. The summed E-state index contributed by atoms with van der Waals surface area (Å²) in [5.74, 6) is -1.07. The molecule has 2 heterocycles. The fourth-order valence-electron chi connectivity index (χ4n) is 3.81. The van der Waals surface area contributed by atoms with Crippen LogP contribution in [0.4, 0.5) is 5.69 Å². The van der Waals surface area contributed by atoms with E-state index in [-0.39, 0.29) is 12.2 Å². The second kappa shape index (κ2) is 11.1. The number of phenols is 1. The summed E-state index contributed by atoms with van der Waals surface area (Å²) in [6.45, 7) is 8.10. The highest BCUT2D eigenvalue weighted by Crippen LogP contribution is 2.42. The Balaban J connectivity index is 2.10. The molecule has 2 unspecified atom stereocenters. The van der Waals surface area contributed by atoms with Crippen LogP contribution in [0.25, 0.3) is 0 Å². The highest BCUT2D eigenvalue weighted by Gasteiger charge is 2.45. The molecule has 3 rings (SSSR count). The van der Waals surface area contributed by atoms with Crippen molar-refractivity contribution >= 4 is 40.1 Å². The Bertz CT molecular complexity index is 986. The number of ketones is 1. The number of benzene rings is 1. The monoisotopic (exact) mass is 508 g/mol. The number of phenolic OH excluding ortho intramolecular Hbond substituents is 1. The standard InChI is InChI=1S/C24H32N2O6S2/c1-23(2,3)34(30)25-24(17-7-12-33-16-17,15-19(27)14-22(29)31-4)20-6-5-18(13-21(20)28)26-8-10-32-11-9-26/h5-7,12-13,16,25,28H,8-11,14-15H2,1-4H3. The molecule has 1 aliphatic rings. The number of carbonyl (C=O) groups excluding carboxylic acids is 2. The molecule has 1 aromatic heterocycles. The van der Waals surface area contributed by atoms with Crippen LogP contribution in [-0.4, -0.2) is 59.6 Å². The Labute approximate surface area is 207 Å². The molecule has 186 valence electrons. The van der Waals surface area contributed by atoms with E-state index in [2.05, 4.69) is 14.4 Å². The van der Waals surface area contributed by atoms with Crippen molar-refractivity contribution in [1.29, 1.82) is 0 Å². The fraction of sp³-hybridized carbons (Fsp3) is 0.500. The number of rotatable bonds is 9. The molecular formula is C24H32N2O6S2. The minimum absolute atomic E-state index is 0.0283. The molecule has 8 nitrogen and oxygen atoms in total. The first-order valence-electron chi connectivity index (χ1n) is 11.0. The second-order valence-electron chi connectivity index (χ2n) is 9.17. The average Bonchev–Trinajstić information content (AvgIpc) is 3.34. The van der Waals surface area contributed by atoms with E-state index in [9.17, 15) is 19.2 Å². The summed E-state index contributed by atoms with van der Waals surface area (Å²) >= 11 is -0.165. The summed E-state index contributed by atoms with van der Waals surface area (Å²) in [4.78, 5) is 26.9. The van der Waals surface area contributed by atoms with Gasteiger partial charge in [-0.25, -0.2) is 0 Å². The molecule has 2 aromatic rings. The number of carbonyl (C=O) groups is 2. The maximum absolute atomic E-state index is 13.3. The van der Waals surface area contributed by atoms with E-state index in [0.29, 0.717) is 37.4 Å². The minimum Gasteiger partial charge on any atom is -0.598 e. The van der Waals surface area contributed by atoms with Gasteiger partial charge in [0.1, 0.15) is 28.2 Å². The van der Waals surface area contributed by atoms with Gasteiger partial charge in [-0.1, -0.05) is 6.07 Å². The maximum Gasteiger partial charge on any atom is 0.313 e. The lowest BCUT2D eigenvalue weighted by Gasteiger charge is -2.38. The number of methoxy groups -OCH3 is 1. The van der Waals surface area contributed by atoms with Gasteiger partial charge in [-0.2, -0.15) is 11.3 Å². The number of Topliss-reactive ketones (excluding diaryl/α,β-unsaturated/α-hetero) is 1. The normalized spacial score (nSPS) is 17.1. The highest BCUT2D eigenvalue weighted by molar-refractivity contribution is 7.90. The number of nitrogens with zero attached hydrogens (tertiary/aromatic N) is 1. The van der Waals surface area contributed by atoms with E-state index in [1.807, 2.05) is 43.7 Å². The number of ether oxygens (including phenoxy) is 2. The van der Waals surface area contributed by atoms with Gasteiger partial charge < -0.3 is 24.0 Å². The van der Waals surface area contributed by atoms with Crippen LogP contribution >= 0.6 is 11.3 Å². The van der Waals surface area contributed by atoms with Crippen molar-refractivity contribution in [3.8, 4) is 5.75 Å². The van der Waals surface area contributed by atoms with Crippen molar-refractivity contribution in [3.05, 3.63) is 46.2 Å². The summed E-state index contributed by atoms with van der Waals surface area (Å²) in [6, 6.07) is 7.14. The topological polar surface area (TPSA) is 111 Å². The summed E-state index contributed by atoms with van der Waals surface area (Å²) in [5.41, 5.74) is 0.625. The Morgan fingerprint density at radius 2 is 1.97 bits per heavy atom. The number of morpholine rings is 1. The highest BCUT2D eigenvalue weighted by atomic mass is 32.2. The van der Waals surface area contributed by atoms with Crippen molar-refractivity contribution in [3.63, 3.8) is 0 Å². The molecule has 0 saturated carbocycles. The van der Waals surface area contributed by atoms with E-state index in [1.54, 1.807) is 12.1 Å². The maximum atomic E-state index is 13.3. The third-order valence-corrected chi connectivity index (χ3v) is 8.02. The average molecular weight is 509 g/mol. The summed E-state index contributed by atoms with van der Waals surface area (Å²) < 4.78 is 25.9. The van der Waals surface area contributed by atoms with Crippen LogP contribution in [0.5, 0.6) is 5.75 Å². The first-order chi connectivity index (χ1) is 16.1. The van der Waals surface area contributed by atoms with Crippen molar-refractivity contribution in [2.24, 2.45) is 0 Å². The first kappa shape index (κ1) is 26.5. The summed E-state index contributed by atoms with van der Waals surface area (Å²) in [5, 5.41) is 14.9. The van der Waals surface area contributed by atoms with Crippen molar-refractivity contribution < 1.29 is 28.7 Å². The van der Waals surface area contributed by atoms with Gasteiger partial charge >= 0.3 is 5.97 Å². The van der Waals surface area contributed by atoms with Gasteiger partial charge in [0.25, 0.3) is 0 Å². The molecule has 1 saturated heterocycles. The van der Waals surface area contributed by atoms with Gasteiger partial charge in [0.05, 0.1) is 20.3 Å². The largest absolute Gasteiger partial charge is 0.598 e. The Morgan fingerprint density at radius 3 is 2.53 bits per heavy atom. The number of hydrogen-bond acceptors (Lipinski definition) is 9. The molecule has 0 aliphatic carbocycles. The Kier molecular flexibility index (Phi) is 8.64. The molecule has 2 N–H and O–H groups in total. The fourth-order valence-corrected chi connectivity index (χ4v) is 5.46. The van der Waals surface area contributed by atoms with Crippen LogP contribution in [0.15, 0.2) is 35.0 Å². The minimum atomic E-state index is -1.59. The van der Waals surface area contributed by atoms with Crippen LogP contribution < -0.4 is 9.62 Å². The molecule has 1 fully saturated rings. The van der Waals surface area contributed by atoms with E-state index in [0.717, 1.165) is 5.69 Å². The summed E-state index contributed by atoms with van der Waals surface area (Å²) in [7, 11) is 1.23. The molecule has 0 spiro atoms. The number of anilines is 1. The van der Waals surface area contributed by atoms with Crippen LogP contribution in [-0.2, 0) is 36.0 Å². The van der Waals surface area contributed by atoms with Crippen molar-refractivity contribution in [2.75, 3.05) is 38.3 Å². The molecule has 10 heteroatoms. The van der Waals surface area contributed by atoms with Gasteiger partial charge in [-0.3, -0.25) is 9.59 Å². The van der Waals surface area contributed by atoms with E-state index < -0.39 is 39.8 Å². The van der Waals surface area contributed by atoms with Gasteiger partial charge in [0, 0.05) is 48.2 Å². The second-order valence-corrected chi connectivity index (χ2v) is 11.9. The zero-order valence-corrected chi connectivity index (χ0v) is 21.6. The molecule has 0 amide bonds. The van der Waals surface area contributed by atoms with E-state index >= 15 is 0 Å². The van der Waals surface area contributed by atoms with Crippen molar-refractivity contribution in [2.45, 2.75) is 43.9 Å². The van der Waals surface area contributed by atoms with Gasteiger partial charge in [0.2, 0.25) is 0 Å². The van der Waals surface area contributed by atoms with Gasteiger partial charge in [0.15, 0.2) is 0 Å². The molecule has 34 heavy (non-hydrogen) atoms. The molecule has 1 aliphatic heterocycles. The van der Waals surface area contributed by atoms with Gasteiger partial charge in [-0.15, -0.1) is 4.72 Å². The lowest BCUT2D eigenvalue weighted by atomic mass is 9.80. The third kappa shape index (κ3) is 6.11.